The van der Waals surface area contributed by atoms with Crippen LogP contribution >= 0.6 is 23.2 Å². The number of benzene rings is 1. The normalized spacial score (nSPS) is 10.4. The molecule has 2 aromatic rings. The molecule has 0 saturated heterocycles. The molecule has 21 heavy (non-hydrogen) atoms. The lowest BCUT2D eigenvalue weighted by Crippen LogP contribution is -2.09. The van der Waals surface area contributed by atoms with E-state index in [1.165, 1.54) is 6.33 Å². The van der Waals surface area contributed by atoms with Crippen LogP contribution in [0.2, 0.25) is 10.0 Å². The summed E-state index contributed by atoms with van der Waals surface area (Å²) in [6.07, 6.45) is 3.12. The number of ether oxygens (including phenoxy) is 1. The fourth-order valence-corrected chi connectivity index (χ4v) is 1.96. The second-order valence-corrected chi connectivity index (χ2v) is 5.22. The number of hydrogen-bond donors (Lipinski definition) is 0. The van der Waals surface area contributed by atoms with Gasteiger partial charge in [-0.15, -0.1) is 0 Å². The quantitative estimate of drug-likeness (QED) is 0.604. The van der Waals surface area contributed by atoms with Crippen LogP contribution in [0.25, 0.3) is 11.3 Å². The summed E-state index contributed by atoms with van der Waals surface area (Å²) in [5.41, 5.74) is 1.57. The first-order chi connectivity index (χ1) is 10.1. The Morgan fingerprint density at radius 2 is 2.00 bits per heavy atom. The van der Waals surface area contributed by atoms with Crippen LogP contribution in [0, 0.1) is 0 Å². The standard InChI is InChI=1S/C15H14Cl2N2O2/c1-2-3-6-21-15(20)14-8-13(18-9-19-14)10-4-5-11(16)12(17)7-10/h4-5,7-9H,2-3,6H2,1H3. The van der Waals surface area contributed by atoms with E-state index in [-0.39, 0.29) is 5.69 Å². The number of hydrogen-bond acceptors (Lipinski definition) is 4. The number of halogens is 2. The summed E-state index contributed by atoms with van der Waals surface area (Å²) >= 11 is 11.9. The van der Waals surface area contributed by atoms with Gasteiger partial charge in [-0.05, 0) is 24.6 Å². The molecule has 0 radical (unpaired) electrons. The summed E-state index contributed by atoms with van der Waals surface area (Å²) in [6, 6.07) is 6.73. The van der Waals surface area contributed by atoms with E-state index < -0.39 is 5.97 Å². The van der Waals surface area contributed by atoms with Crippen molar-refractivity contribution >= 4 is 29.2 Å². The smallest absolute Gasteiger partial charge is 0.357 e. The van der Waals surface area contributed by atoms with Crippen LogP contribution in [0.3, 0.4) is 0 Å². The molecule has 0 atom stereocenters. The summed E-state index contributed by atoms with van der Waals surface area (Å²) in [6.45, 7) is 2.42. The molecule has 0 N–H and O–H groups in total. The van der Waals surface area contributed by atoms with E-state index in [9.17, 15) is 4.79 Å². The van der Waals surface area contributed by atoms with Gasteiger partial charge in [0.15, 0.2) is 5.69 Å². The van der Waals surface area contributed by atoms with Crippen LogP contribution in [0.5, 0.6) is 0 Å². The number of esters is 1. The third kappa shape index (κ3) is 4.16. The minimum Gasteiger partial charge on any atom is -0.461 e. The fraction of sp³-hybridized carbons (Fsp3) is 0.267. The molecule has 0 fully saturated rings. The summed E-state index contributed by atoms with van der Waals surface area (Å²) in [5, 5.41) is 0.897. The van der Waals surface area contributed by atoms with Crippen LogP contribution < -0.4 is 0 Å². The van der Waals surface area contributed by atoms with Crippen molar-refractivity contribution in [3.05, 3.63) is 46.3 Å². The van der Waals surface area contributed by atoms with Gasteiger partial charge in [0.05, 0.1) is 22.3 Å². The van der Waals surface area contributed by atoms with E-state index in [1.807, 2.05) is 6.92 Å². The van der Waals surface area contributed by atoms with E-state index in [2.05, 4.69) is 9.97 Å². The first-order valence-corrected chi connectivity index (χ1v) is 7.32. The monoisotopic (exact) mass is 324 g/mol. The second-order valence-electron chi connectivity index (χ2n) is 4.41. The maximum Gasteiger partial charge on any atom is 0.357 e. The molecular weight excluding hydrogens is 311 g/mol. The fourth-order valence-electron chi connectivity index (χ4n) is 1.67. The lowest BCUT2D eigenvalue weighted by atomic mass is 10.1. The highest BCUT2D eigenvalue weighted by atomic mass is 35.5. The third-order valence-electron chi connectivity index (χ3n) is 2.82. The van der Waals surface area contributed by atoms with E-state index in [1.54, 1.807) is 24.3 Å². The number of nitrogens with zero attached hydrogens (tertiary/aromatic N) is 2. The zero-order valence-corrected chi connectivity index (χ0v) is 13.0. The molecule has 1 aromatic heterocycles. The Morgan fingerprint density at radius 1 is 1.19 bits per heavy atom. The molecule has 4 nitrogen and oxygen atoms in total. The van der Waals surface area contributed by atoms with Gasteiger partial charge in [-0.1, -0.05) is 42.6 Å². The van der Waals surface area contributed by atoms with Gasteiger partial charge >= 0.3 is 5.97 Å². The lowest BCUT2D eigenvalue weighted by molar-refractivity contribution is 0.0492. The predicted octanol–water partition coefficient (Wildman–Crippen LogP) is 4.41. The molecule has 0 amide bonds. The van der Waals surface area contributed by atoms with Crippen molar-refractivity contribution in [3.8, 4) is 11.3 Å². The highest BCUT2D eigenvalue weighted by Gasteiger charge is 2.11. The van der Waals surface area contributed by atoms with Crippen molar-refractivity contribution < 1.29 is 9.53 Å². The van der Waals surface area contributed by atoms with Gasteiger partial charge in [0.2, 0.25) is 0 Å². The van der Waals surface area contributed by atoms with Crippen LogP contribution in [-0.2, 0) is 4.74 Å². The molecular formula is C15H14Cl2N2O2. The molecule has 0 aliphatic heterocycles. The van der Waals surface area contributed by atoms with E-state index in [4.69, 9.17) is 27.9 Å². The molecule has 0 saturated carbocycles. The maximum absolute atomic E-state index is 11.9. The lowest BCUT2D eigenvalue weighted by Gasteiger charge is -2.06. The molecule has 0 unspecified atom stereocenters. The topological polar surface area (TPSA) is 52.1 Å². The Morgan fingerprint density at radius 3 is 2.71 bits per heavy atom. The molecule has 0 aliphatic carbocycles. The predicted molar refractivity (Wildman–Crippen MR) is 82.7 cm³/mol. The van der Waals surface area contributed by atoms with Gasteiger partial charge in [-0.2, -0.15) is 0 Å². The summed E-state index contributed by atoms with van der Waals surface area (Å²) in [7, 11) is 0. The van der Waals surface area contributed by atoms with Crippen molar-refractivity contribution in [3.63, 3.8) is 0 Å². The number of aromatic nitrogens is 2. The van der Waals surface area contributed by atoms with Gasteiger partial charge in [-0.3, -0.25) is 0 Å². The first-order valence-electron chi connectivity index (χ1n) is 6.56. The van der Waals surface area contributed by atoms with Crippen LogP contribution in [-0.4, -0.2) is 22.5 Å². The summed E-state index contributed by atoms with van der Waals surface area (Å²) < 4.78 is 5.13. The molecule has 6 heteroatoms. The third-order valence-corrected chi connectivity index (χ3v) is 3.56. The van der Waals surface area contributed by atoms with Crippen molar-refractivity contribution in [2.45, 2.75) is 19.8 Å². The number of carbonyl (C=O) groups excluding carboxylic acids is 1. The average Bonchev–Trinajstić information content (AvgIpc) is 2.50. The van der Waals surface area contributed by atoms with Crippen LogP contribution in [0.1, 0.15) is 30.3 Å². The van der Waals surface area contributed by atoms with Crippen LogP contribution in [0.15, 0.2) is 30.6 Å². The van der Waals surface area contributed by atoms with Crippen LogP contribution in [0.4, 0.5) is 0 Å². The summed E-state index contributed by atoms with van der Waals surface area (Å²) in [4.78, 5) is 19.9. The molecule has 0 bridgehead atoms. The Hall–Kier alpha value is -1.65. The SMILES string of the molecule is CCCCOC(=O)c1cc(-c2ccc(Cl)c(Cl)c2)ncn1. The number of unbranched alkanes of at least 4 members (excludes halogenated alkanes) is 1. The molecule has 0 spiro atoms. The van der Waals surface area contributed by atoms with Crippen molar-refractivity contribution in [2.75, 3.05) is 6.61 Å². The molecule has 110 valence electrons. The number of rotatable bonds is 5. The molecule has 1 heterocycles. The van der Waals surface area contributed by atoms with Crippen molar-refractivity contribution in [2.24, 2.45) is 0 Å². The van der Waals surface area contributed by atoms with Gasteiger partial charge < -0.3 is 4.74 Å². The molecule has 1 aromatic carbocycles. The average molecular weight is 325 g/mol. The summed E-state index contributed by atoms with van der Waals surface area (Å²) in [5.74, 6) is -0.452. The molecule has 0 aliphatic rings. The van der Waals surface area contributed by atoms with Crippen molar-refractivity contribution in [1.82, 2.24) is 9.97 Å². The van der Waals surface area contributed by atoms with Gasteiger partial charge in [0.25, 0.3) is 0 Å². The van der Waals surface area contributed by atoms with Gasteiger partial charge in [0.1, 0.15) is 6.33 Å². The second kappa shape index (κ2) is 7.38. The Labute approximate surface area is 133 Å². The Balaban J connectivity index is 2.20. The minimum absolute atomic E-state index is 0.224. The van der Waals surface area contributed by atoms with E-state index in [0.717, 1.165) is 18.4 Å². The van der Waals surface area contributed by atoms with E-state index in [0.29, 0.717) is 22.3 Å². The zero-order valence-electron chi connectivity index (χ0n) is 11.5. The first kappa shape index (κ1) is 15.7. The maximum atomic E-state index is 11.9. The largest absolute Gasteiger partial charge is 0.461 e. The number of carbonyl (C=O) groups is 1. The van der Waals surface area contributed by atoms with Crippen molar-refractivity contribution in [1.29, 1.82) is 0 Å². The highest BCUT2D eigenvalue weighted by molar-refractivity contribution is 6.42. The van der Waals surface area contributed by atoms with Gasteiger partial charge in [0, 0.05) is 5.56 Å². The van der Waals surface area contributed by atoms with Gasteiger partial charge in [-0.25, -0.2) is 14.8 Å². The minimum atomic E-state index is -0.452. The zero-order chi connectivity index (χ0) is 15.2. The molecule has 2 rings (SSSR count). The van der Waals surface area contributed by atoms with E-state index >= 15 is 0 Å². The Kier molecular flexibility index (Phi) is 5.53. The highest BCUT2D eigenvalue weighted by Crippen LogP contribution is 2.27. The Bertz CT molecular complexity index is 647.